The summed E-state index contributed by atoms with van der Waals surface area (Å²) in [6, 6.07) is 4.22. The van der Waals surface area contributed by atoms with Crippen LogP contribution in [0.1, 0.15) is 58.8 Å². The van der Waals surface area contributed by atoms with Crippen LogP contribution in [-0.2, 0) is 19.6 Å². The predicted molar refractivity (Wildman–Crippen MR) is 120 cm³/mol. The van der Waals surface area contributed by atoms with E-state index in [0.29, 0.717) is 19.4 Å². The van der Waals surface area contributed by atoms with Gasteiger partial charge in [0, 0.05) is 19.1 Å². The van der Waals surface area contributed by atoms with Gasteiger partial charge in [0.1, 0.15) is 11.9 Å². The standard InChI is InChI=1S/C23H34FN3O4S/c1-3-16(2)21(23(29)25-19-8-4-5-9-19)26-22(28)17-7-6-14-27(15-17)32(30,31)20-12-10-18(24)11-13-20/h10-13,16-17,19,21H,3-9,14-15H2,1-2H3,(H,25,29)(H,26,28)/t16?,17?,21-/m1/s1. The van der Waals surface area contributed by atoms with Crippen LogP contribution in [0.2, 0.25) is 0 Å². The molecule has 1 saturated carbocycles. The van der Waals surface area contributed by atoms with Crippen LogP contribution in [0.5, 0.6) is 0 Å². The highest BCUT2D eigenvalue weighted by Gasteiger charge is 2.36. The number of nitrogens with zero attached hydrogens (tertiary/aromatic N) is 1. The van der Waals surface area contributed by atoms with Gasteiger partial charge in [0.05, 0.1) is 10.8 Å². The number of benzene rings is 1. The molecule has 1 aromatic carbocycles. The molecule has 1 saturated heterocycles. The van der Waals surface area contributed by atoms with Gasteiger partial charge in [-0.3, -0.25) is 9.59 Å². The first-order valence-corrected chi connectivity index (χ1v) is 13.0. The van der Waals surface area contributed by atoms with Crippen molar-refractivity contribution < 1.29 is 22.4 Å². The van der Waals surface area contributed by atoms with Crippen LogP contribution < -0.4 is 10.6 Å². The van der Waals surface area contributed by atoms with Crippen molar-refractivity contribution in [3.8, 4) is 0 Å². The van der Waals surface area contributed by atoms with Gasteiger partial charge >= 0.3 is 0 Å². The minimum atomic E-state index is -3.82. The quantitative estimate of drug-likeness (QED) is 0.615. The van der Waals surface area contributed by atoms with Crippen molar-refractivity contribution in [3.63, 3.8) is 0 Å². The molecule has 178 valence electrons. The highest BCUT2D eigenvalue weighted by Crippen LogP contribution is 2.25. The van der Waals surface area contributed by atoms with Gasteiger partial charge in [0.15, 0.2) is 0 Å². The summed E-state index contributed by atoms with van der Waals surface area (Å²) >= 11 is 0. The number of hydrogen-bond donors (Lipinski definition) is 2. The SMILES string of the molecule is CCC(C)[C@@H](NC(=O)C1CCCN(S(=O)(=O)c2ccc(F)cc2)C1)C(=O)NC1CCCC1. The molecule has 2 N–H and O–H groups in total. The Morgan fingerprint density at radius 3 is 2.41 bits per heavy atom. The van der Waals surface area contributed by atoms with Crippen LogP contribution in [-0.4, -0.2) is 49.7 Å². The average molecular weight is 468 g/mol. The van der Waals surface area contributed by atoms with Crippen LogP contribution >= 0.6 is 0 Å². The van der Waals surface area contributed by atoms with Crippen molar-refractivity contribution >= 4 is 21.8 Å². The Hall–Kier alpha value is -2.00. The number of carbonyl (C=O) groups excluding carboxylic acids is 2. The highest BCUT2D eigenvalue weighted by molar-refractivity contribution is 7.89. The maximum Gasteiger partial charge on any atom is 0.243 e. The van der Waals surface area contributed by atoms with E-state index in [1.807, 2.05) is 13.8 Å². The van der Waals surface area contributed by atoms with E-state index in [2.05, 4.69) is 10.6 Å². The molecule has 1 heterocycles. The molecule has 7 nitrogen and oxygen atoms in total. The number of piperidine rings is 1. The van der Waals surface area contributed by atoms with Gasteiger partial charge in [-0.05, 0) is 55.9 Å². The molecule has 0 bridgehead atoms. The Morgan fingerprint density at radius 1 is 1.12 bits per heavy atom. The van der Waals surface area contributed by atoms with Gasteiger partial charge in [0.25, 0.3) is 0 Å². The third kappa shape index (κ3) is 5.86. The average Bonchev–Trinajstić information content (AvgIpc) is 3.30. The molecule has 32 heavy (non-hydrogen) atoms. The predicted octanol–water partition coefficient (Wildman–Crippen LogP) is 2.82. The zero-order valence-electron chi connectivity index (χ0n) is 18.8. The maximum absolute atomic E-state index is 13.2. The largest absolute Gasteiger partial charge is 0.352 e. The van der Waals surface area contributed by atoms with E-state index < -0.39 is 27.8 Å². The van der Waals surface area contributed by atoms with Crippen LogP contribution in [0.4, 0.5) is 4.39 Å². The van der Waals surface area contributed by atoms with E-state index in [-0.39, 0.29) is 35.2 Å². The number of amides is 2. The molecule has 9 heteroatoms. The molecular weight excluding hydrogens is 433 g/mol. The van der Waals surface area contributed by atoms with Crippen molar-refractivity contribution in [1.29, 1.82) is 0 Å². The first kappa shape index (κ1) is 24.6. The third-order valence-electron chi connectivity index (χ3n) is 6.70. The molecule has 0 spiro atoms. The molecule has 2 unspecified atom stereocenters. The van der Waals surface area contributed by atoms with Gasteiger partial charge in [-0.2, -0.15) is 4.31 Å². The number of rotatable bonds is 8. The second kappa shape index (κ2) is 10.7. The molecular formula is C23H34FN3O4S. The molecule has 0 radical (unpaired) electrons. The van der Waals surface area contributed by atoms with Crippen LogP contribution in [0, 0.1) is 17.7 Å². The van der Waals surface area contributed by atoms with Gasteiger partial charge < -0.3 is 10.6 Å². The van der Waals surface area contributed by atoms with E-state index in [1.165, 1.54) is 16.4 Å². The number of hydrogen-bond acceptors (Lipinski definition) is 4. The molecule has 3 atom stereocenters. The fourth-order valence-electron chi connectivity index (χ4n) is 4.46. The lowest BCUT2D eigenvalue weighted by atomic mass is 9.94. The molecule has 0 aromatic heterocycles. The molecule has 3 rings (SSSR count). The first-order chi connectivity index (χ1) is 15.2. The summed E-state index contributed by atoms with van der Waals surface area (Å²) in [6.45, 7) is 4.26. The Morgan fingerprint density at radius 2 is 1.78 bits per heavy atom. The monoisotopic (exact) mass is 467 g/mol. The van der Waals surface area contributed by atoms with E-state index in [1.54, 1.807) is 0 Å². The van der Waals surface area contributed by atoms with E-state index in [0.717, 1.165) is 44.2 Å². The fraction of sp³-hybridized carbons (Fsp3) is 0.652. The smallest absolute Gasteiger partial charge is 0.243 e. The second-order valence-corrected chi connectivity index (χ2v) is 11.0. The summed E-state index contributed by atoms with van der Waals surface area (Å²) in [5.41, 5.74) is 0. The van der Waals surface area contributed by atoms with Crippen molar-refractivity contribution in [2.24, 2.45) is 11.8 Å². The fourth-order valence-corrected chi connectivity index (χ4v) is 5.99. The number of halogens is 1. The van der Waals surface area contributed by atoms with Crippen LogP contribution in [0.15, 0.2) is 29.2 Å². The van der Waals surface area contributed by atoms with Gasteiger partial charge in [-0.15, -0.1) is 0 Å². The summed E-state index contributed by atoms with van der Waals surface area (Å²) in [4.78, 5) is 26.0. The Labute approximate surface area is 190 Å². The molecule has 2 fully saturated rings. The molecule has 1 aliphatic carbocycles. The van der Waals surface area contributed by atoms with E-state index >= 15 is 0 Å². The molecule has 2 aliphatic rings. The number of sulfonamides is 1. The Balaban J connectivity index is 1.67. The lowest BCUT2D eigenvalue weighted by Gasteiger charge is -2.33. The Bertz CT molecular complexity index is 900. The van der Waals surface area contributed by atoms with Gasteiger partial charge in [0.2, 0.25) is 21.8 Å². The van der Waals surface area contributed by atoms with Crippen LogP contribution in [0.25, 0.3) is 0 Å². The topological polar surface area (TPSA) is 95.6 Å². The minimum absolute atomic E-state index is 0.00776. The van der Waals surface area contributed by atoms with E-state index in [4.69, 9.17) is 0 Å². The third-order valence-corrected chi connectivity index (χ3v) is 8.58. The lowest BCUT2D eigenvalue weighted by molar-refractivity contribution is -0.133. The molecule has 2 amide bonds. The zero-order valence-corrected chi connectivity index (χ0v) is 19.7. The minimum Gasteiger partial charge on any atom is -0.352 e. The number of nitrogens with one attached hydrogen (secondary N) is 2. The second-order valence-electron chi connectivity index (χ2n) is 9.02. The molecule has 1 aliphatic heterocycles. The first-order valence-electron chi connectivity index (χ1n) is 11.6. The summed E-state index contributed by atoms with van der Waals surface area (Å²) in [7, 11) is -3.82. The zero-order chi connectivity index (χ0) is 23.3. The number of carbonyl (C=O) groups is 2. The van der Waals surface area contributed by atoms with E-state index in [9.17, 15) is 22.4 Å². The summed E-state index contributed by atoms with van der Waals surface area (Å²) in [6.07, 6.45) is 5.97. The summed E-state index contributed by atoms with van der Waals surface area (Å²) < 4.78 is 40.4. The lowest BCUT2D eigenvalue weighted by Crippen LogP contribution is -2.55. The van der Waals surface area contributed by atoms with Gasteiger partial charge in [-0.1, -0.05) is 33.1 Å². The summed E-state index contributed by atoms with van der Waals surface area (Å²) in [5.74, 6) is -1.54. The van der Waals surface area contributed by atoms with Crippen molar-refractivity contribution in [1.82, 2.24) is 14.9 Å². The maximum atomic E-state index is 13.2. The van der Waals surface area contributed by atoms with Crippen molar-refractivity contribution in [3.05, 3.63) is 30.1 Å². The Kier molecular flexibility index (Phi) is 8.27. The normalized spacial score (nSPS) is 22.3. The summed E-state index contributed by atoms with van der Waals surface area (Å²) in [5, 5.41) is 5.98. The highest BCUT2D eigenvalue weighted by atomic mass is 32.2. The molecule has 1 aromatic rings. The van der Waals surface area contributed by atoms with Crippen LogP contribution in [0.3, 0.4) is 0 Å². The van der Waals surface area contributed by atoms with Gasteiger partial charge in [-0.25, -0.2) is 12.8 Å². The van der Waals surface area contributed by atoms with Crippen molar-refractivity contribution in [2.75, 3.05) is 13.1 Å². The van der Waals surface area contributed by atoms with Crippen molar-refractivity contribution in [2.45, 2.75) is 75.8 Å².